The summed E-state index contributed by atoms with van der Waals surface area (Å²) >= 11 is 0. The van der Waals surface area contributed by atoms with Crippen LogP contribution in [0.3, 0.4) is 0 Å². The third-order valence-corrected chi connectivity index (χ3v) is 6.82. The minimum Gasteiger partial charge on any atom is -0.508 e. The highest BCUT2D eigenvalue weighted by Gasteiger charge is 2.28. The van der Waals surface area contributed by atoms with Crippen molar-refractivity contribution in [1.82, 2.24) is 0 Å². The molecule has 0 heterocycles. The molecule has 0 aliphatic rings. The Labute approximate surface area is 178 Å². The number of ether oxygens (including phenoxy) is 1. The largest absolute Gasteiger partial charge is 0.508 e. The van der Waals surface area contributed by atoms with Gasteiger partial charge in [0.05, 0.1) is 0 Å². The molecule has 0 aliphatic heterocycles. The number of hydrogen-bond donors (Lipinski definition) is 6. The first-order valence-electron chi connectivity index (χ1n) is 8.83. The Kier molecular flexibility index (Phi) is 7.72. The number of rotatable bonds is 10. The molecule has 0 radical (unpaired) electrons. The predicted molar refractivity (Wildman–Crippen MR) is 108 cm³/mol. The molecule has 0 saturated carbocycles. The smallest absolute Gasteiger partial charge is 0.272 e. The van der Waals surface area contributed by atoms with E-state index in [2.05, 4.69) is 0 Å². The van der Waals surface area contributed by atoms with Crippen LogP contribution < -0.4 is 0 Å². The summed E-state index contributed by atoms with van der Waals surface area (Å²) in [4.78, 5) is 0. The summed E-state index contributed by atoms with van der Waals surface area (Å²) in [5.74, 6) is -1.63. The van der Waals surface area contributed by atoms with E-state index in [0.717, 1.165) is 36.4 Å². The van der Waals surface area contributed by atoms with Gasteiger partial charge in [0, 0.05) is 25.3 Å². The minimum atomic E-state index is -4.62. The highest BCUT2D eigenvalue weighted by atomic mass is 32.2. The zero-order valence-electron chi connectivity index (χ0n) is 16.0. The lowest BCUT2D eigenvalue weighted by atomic mass is 10.1. The van der Waals surface area contributed by atoms with Gasteiger partial charge in [-0.15, -0.1) is 0 Å². The molecule has 2 unspecified atom stereocenters. The lowest BCUT2D eigenvalue weighted by Gasteiger charge is -2.17. The summed E-state index contributed by atoms with van der Waals surface area (Å²) in [6, 6.07) is 6.19. The van der Waals surface area contributed by atoms with Crippen molar-refractivity contribution < 1.29 is 51.1 Å². The van der Waals surface area contributed by atoms with Crippen LogP contribution in [-0.4, -0.2) is 59.6 Å². The van der Waals surface area contributed by atoms with E-state index < -0.39 is 53.7 Å². The van der Waals surface area contributed by atoms with Crippen molar-refractivity contribution in [3.63, 3.8) is 0 Å². The van der Waals surface area contributed by atoms with Crippen molar-refractivity contribution in [1.29, 1.82) is 0 Å². The Morgan fingerprint density at radius 2 is 0.903 bits per heavy atom. The molecule has 0 saturated heterocycles. The number of aromatic hydroxyl groups is 4. The Balaban J connectivity index is 2.05. The highest BCUT2D eigenvalue weighted by Crippen LogP contribution is 2.33. The molecule has 13 heteroatoms. The second-order valence-corrected chi connectivity index (χ2v) is 9.96. The van der Waals surface area contributed by atoms with Gasteiger partial charge in [-0.25, -0.2) is 0 Å². The molecule has 31 heavy (non-hydrogen) atoms. The maximum Gasteiger partial charge on any atom is 0.272 e. The monoisotopic (exact) mass is 478 g/mol. The lowest BCUT2D eigenvalue weighted by Crippen LogP contribution is -2.17. The van der Waals surface area contributed by atoms with E-state index in [-0.39, 0.29) is 37.2 Å². The van der Waals surface area contributed by atoms with Crippen molar-refractivity contribution in [2.75, 3.05) is 13.2 Å². The fourth-order valence-corrected chi connectivity index (χ4v) is 4.81. The molecular formula is C18H22O11S2. The molecule has 2 aromatic carbocycles. The van der Waals surface area contributed by atoms with Crippen LogP contribution in [-0.2, 0) is 25.0 Å². The average Bonchev–Trinajstić information content (AvgIpc) is 2.56. The topological polar surface area (TPSA) is 199 Å². The van der Waals surface area contributed by atoms with Crippen LogP contribution >= 0.6 is 0 Å². The molecule has 0 aliphatic carbocycles. The van der Waals surface area contributed by atoms with Crippen LogP contribution in [0.1, 0.15) is 34.5 Å². The second kappa shape index (κ2) is 9.70. The number of hydrogen-bond acceptors (Lipinski definition) is 9. The van der Waals surface area contributed by atoms with Gasteiger partial charge in [0.2, 0.25) is 0 Å². The lowest BCUT2D eigenvalue weighted by molar-refractivity contribution is 0.126. The third-order valence-electron chi connectivity index (χ3n) is 4.36. The van der Waals surface area contributed by atoms with E-state index in [9.17, 15) is 46.4 Å². The molecule has 0 fully saturated rings. The van der Waals surface area contributed by atoms with Gasteiger partial charge >= 0.3 is 0 Å². The van der Waals surface area contributed by atoms with Gasteiger partial charge in [-0.05, 0) is 48.2 Å². The molecule has 6 N–H and O–H groups in total. The van der Waals surface area contributed by atoms with E-state index in [1.165, 1.54) is 0 Å². The van der Waals surface area contributed by atoms with E-state index in [1.807, 2.05) is 0 Å². The zero-order valence-corrected chi connectivity index (χ0v) is 17.6. The third kappa shape index (κ3) is 7.25. The molecule has 0 spiro atoms. The molecule has 2 aromatic rings. The van der Waals surface area contributed by atoms with Gasteiger partial charge in [0.25, 0.3) is 20.2 Å². The zero-order chi connectivity index (χ0) is 23.4. The molecule has 0 amide bonds. The van der Waals surface area contributed by atoms with Crippen LogP contribution in [0, 0.1) is 0 Å². The van der Waals surface area contributed by atoms with Crippen LogP contribution in [0.5, 0.6) is 23.0 Å². The minimum absolute atomic E-state index is 0.0744. The van der Waals surface area contributed by atoms with E-state index in [0.29, 0.717) is 0 Å². The Hall–Kier alpha value is -2.58. The Morgan fingerprint density at radius 3 is 1.16 bits per heavy atom. The van der Waals surface area contributed by atoms with Gasteiger partial charge in [-0.1, -0.05) is 0 Å². The second-order valence-electron chi connectivity index (χ2n) is 6.76. The fraction of sp³-hybridized carbons (Fsp3) is 0.333. The van der Waals surface area contributed by atoms with Crippen molar-refractivity contribution in [3.05, 3.63) is 47.5 Å². The number of benzene rings is 2. The van der Waals surface area contributed by atoms with Crippen LogP contribution in [0.4, 0.5) is 0 Å². The summed E-state index contributed by atoms with van der Waals surface area (Å²) in [6.07, 6.45) is -0.573. The summed E-state index contributed by atoms with van der Waals surface area (Å²) in [5.41, 5.74) is -0.149. The number of phenolic OH excluding ortho intramolecular Hbond substituents is 4. The van der Waals surface area contributed by atoms with E-state index >= 15 is 0 Å². The Morgan fingerprint density at radius 1 is 0.613 bits per heavy atom. The SMILES string of the molecule is O=S(=O)(O)C(CCOCCC(c1cc(O)cc(O)c1)S(=O)(=O)O)c1cc(O)cc(O)c1. The van der Waals surface area contributed by atoms with Crippen LogP contribution in [0.15, 0.2) is 36.4 Å². The first-order chi connectivity index (χ1) is 14.3. The van der Waals surface area contributed by atoms with Gasteiger partial charge in [-0.2, -0.15) is 16.8 Å². The normalized spacial score (nSPS) is 14.3. The molecule has 2 atom stereocenters. The fourth-order valence-electron chi connectivity index (χ4n) is 3.07. The predicted octanol–water partition coefficient (Wildman–Crippen LogP) is 1.86. The van der Waals surface area contributed by atoms with Crippen molar-refractivity contribution in [3.8, 4) is 23.0 Å². The van der Waals surface area contributed by atoms with Gasteiger partial charge in [0.15, 0.2) is 0 Å². The molecule has 2 rings (SSSR count). The Bertz CT molecular complexity index is 997. The summed E-state index contributed by atoms with van der Waals surface area (Å²) in [7, 11) is -9.25. The molecular weight excluding hydrogens is 456 g/mol. The molecule has 11 nitrogen and oxygen atoms in total. The summed E-state index contributed by atoms with van der Waals surface area (Å²) < 4.78 is 70.9. The summed E-state index contributed by atoms with van der Waals surface area (Å²) in [6.45, 7) is -0.519. The van der Waals surface area contributed by atoms with Crippen molar-refractivity contribution in [2.24, 2.45) is 0 Å². The first kappa shape index (κ1) is 24.7. The molecule has 172 valence electrons. The van der Waals surface area contributed by atoms with E-state index in [1.54, 1.807) is 0 Å². The van der Waals surface area contributed by atoms with Crippen LogP contribution in [0.2, 0.25) is 0 Å². The van der Waals surface area contributed by atoms with Crippen molar-refractivity contribution >= 4 is 20.2 Å². The molecule has 0 aromatic heterocycles. The quantitative estimate of drug-likeness (QED) is 0.215. The number of phenols is 4. The average molecular weight is 478 g/mol. The van der Waals surface area contributed by atoms with Crippen LogP contribution in [0.25, 0.3) is 0 Å². The van der Waals surface area contributed by atoms with Gasteiger partial charge in [0.1, 0.15) is 33.5 Å². The first-order valence-corrected chi connectivity index (χ1v) is 11.8. The highest BCUT2D eigenvalue weighted by molar-refractivity contribution is 7.86. The van der Waals surface area contributed by atoms with Gasteiger partial charge < -0.3 is 25.2 Å². The van der Waals surface area contributed by atoms with Gasteiger partial charge in [-0.3, -0.25) is 9.11 Å². The standard InChI is InChI=1S/C18H22O11S2/c19-13-5-11(6-14(20)9-13)17(30(23,24)25)1-3-29-4-2-18(31(26,27)28)12-7-15(21)10-16(22)8-12/h5-10,17-22H,1-4H2,(H,23,24,25)(H,26,27,28). The van der Waals surface area contributed by atoms with Crippen molar-refractivity contribution in [2.45, 2.75) is 23.3 Å². The molecule has 0 bridgehead atoms. The summed E-state index contributed by atoms with van der Waals surface area (Å²) in [5, 5.41) is 35.0. The maximum absolute atomic E-state index is 11.7. The maximum atomic E-state index is 11.7. The van der Waals surface area contributed by atoms with E-state index in [4.69, 9.17) is 4.74 Å².